The molecule has 1 saturated heterocycles. The highest BCUT2D eigenvalue weighted by Gasteiger charge is 2.49. The molecule has 0 aromatic carbocycles. The molecular formula is C12H21NO3. The quantitative estimate of drug-likeness (QED) is 0.686. The van der Waals surface area contributed by atoms with Crippen molar-refractivity contribution in [3.63, 3.8) is 0 Å². The van der Waals surface area contributed by atoms with Crippen molar-refractivity contribution >= 4 is 6.09 Å². The van der Waals surface area contributed by atoms with Crippen LogP contribution in [0, 0.1) is 5.41 Å². The summed E-state index contributed by atoms with van der Waals surface area (Å²) in [6.07, 6.45) is 2.31. The van der Waals surface area contributed by atoms with E-state index in [0.29, 0.717) is 0 Å². The maximum Gasteiger partial charge on any atom is 0.410 e. The fourth-order valence-corrected chi connectivity index (χ4v) is 2.69. The van der Waals surface area contributed by atoms with Crippen LogP contribution in [0.4, 0.5) is 4.79 Å². The van der Waals surface area contributed by atoms with Gasteiger partial charge in [0.2, 0.25) is 0 Å². The van der Waals surface area contributed by atoms with Crippen LogP contribution in [0.15, 0.2) is 0 Å². The summed E-state index contributed by atoms with van der Waals surface area (Å²) in [6, 6.07) is 0. The summed E-state index contributed by atoms with van der Waals surface area (Å²) in [5, 5.41) is 9.35. The van der Waals surface area contributed by atoms with Gasteiger partial charge in [-0.2, -0.15) is 0 Å². The first-order chi connectivity index (χ1) is 7.30. The number of aliphatic hydroxyl groups is 1. The molecule has 0 radical (unpaired) electrons. The van der Waals surface area contributed by atoms with Crippen LogP contribution in [0.2, 0.25) is 0 Å². The highest BCUT2D eigenvalue weighted by atomic mass is 16.6. The molecule has 0 atom stereocenters. The summed E-state index contributed by atoms with van der Waals surface area (Å²) in [4.78, 5) is 13.6. The first-order valence-electron chi connectivity index (χ1n) is 5.96. The molecule has 1 aliphatic heterocycles. The second kappa shape index (κ2) is 3.62. The van der Waals surface area contributed by atoms with Crippen LogP contribution < -0.4 is 0 Å². The van der Waals surface area contributed by atoms with Crippen molar-refractivity contribution in [2.75, 3.05) is 13.1 Å². The van der Waals surface area contributed by atoms with E-state index in [4.69, 9.17) is 4.74 Å². The van der Waals surface area contributed by atoms with Gasteiger partial charge in [0.25, 0.3) is 0 Å². The van der Waals surface area contributed by atoms with Crippen LogP contribution in [0.3, 0.4) is 0 Å². The van der Waals surface area contributed by atoms with Crippen molar-refractivity contribution in [2.45, 2.75) is 51.7 Å². The lowest BCUT2D eigenvalue weighted by Crippen LogP contribution is -2.44. The number of rotatable bonds is 0. The van der Waals surface area contributed by atoms with E-state index >= 15 is 0 Å². The van der Waals surface area contributed by atoms with E-state index in [1.165, 1.54) is 0 Å². The van der Waals surface area contributed by atoms with Gasteiger partial charge in [-0.05, 0) is 45.4 Å². The molecule has 1 heterocycles. The summed E-state index contributed by atoms with van der Waals surface area (Å²) in [5.41, 5.74) is -0.234. The van der Waals surface area contributed by atoms with Crippen molar-refractivity contribution in [3.8, 4) is 0 Å². The van der Waals surface area contributed by atoms with Crippen molar-refractivity contribution in [1.29, 1.82) is 0 Å². The monoisotopic (exact) mass is 227 g/mol. The molecule has 0 unspecified atom stereocenters. The third-order valence-electron chi connectivity index (χ3n) is 3.43. The maximum absolute atomic E-state index is 11.8. The Morgan fingerprint density at radius 3 is 2.56 bits per heavy atom. The molecule has 1 aliphatic carbocycles. The average molecular weight is 227 g/mol. The zero-order chi connectivity index (χ0) is 12.0. The maximum atomic E-state index is 11.8. The van der Waals surface area contributed by atoms with Gasteiger partial charge in [0.15, 0.2) is 0 Å². The zero-order valence-electron chi connectivity index (χ0n) is 10.3. The smallest absolute Gasteiger partial charge is 0.410 e. The Balaban J connectivity index is 1.87. The Morgan fingerprint density at radius 1 is 1.44 bits per heavy atom. The lowest BCUT2D eigenvalue weighted by Gasteiger charge is -2.42. The van der Waals surface area contributed by atoms with Gasteiger partial charge in [0, 0.05) is 13.1 Å². The number of aliphatic hydroxyl groups excluding tert-OH is 1. The molecule has 0 bridgehead atoms. The SMILES string of the molecule is CC(C)(C)OC(=O)N1CC[C@]2(C1)C[C@H](O)C2. The molecule has 1 saturated carbocycles. The number of hydrogen-bond donors (Lipinski definition) is 1. The molecule has 1 spiro atoms. The molecule has 0 aromatic heterocycles. The lowest BCUT2D eigenvalue weighted by atomic mass is 9.66. The van der Waals surface area contributed by atoms with E-state index in [1.807, 2.05) is 20.8 Å². The summed E-state index contributed by atoms with van der Waals surface area (Å²) >= 11 is 0. The van der Waals surface area contributed by atoms with Gasteiger partial charge < -0.3 is 14.7 Å². The van der Waals surface area contributed by atoms with Crippen molar-refractivity contribution in [1.82, 2.24) is 4.90 Å². The molecule has 92 valence electrons. The Kier molecular flexibility index (Phi) is 2.65. The molecule has 4 nitrogen and oxygen atoms in total. The Morgan fingerprint density at radius 2 is 2.06 bits per heavy atom. The van der Waals surface area contributed by atoms with Gasteiger partial charge in [-0.15, -0.1) is 0 Å². The lowest BCUT2D eigenvalue weighted by molar-refractivity contribution is -0.0283. The molecular weight excluding hydrogens is 206 g/mol. The summed E-state index contributed by atoms with van der Waals surface area (Å²) in [7, 11) is 0. The van der Waals surface area contributed by atoms with Crippen LogP contribution in [-0.4, -0.2) is 40.9 Å². The van der Waals surface area contributed by atoms with E-state index in [9.17, 15) is 9.90 Å². The zero-order valence-corrected chi connectivity index (χ0v) is 10.3. The topological polar surface area (TPSA) is 49.8 Å². The van der Waals surface area contributed by atoms with E-state index in [0.717, 1.165) is 32.4 Å². The molecule has 2 rings (SSSR count). The minimum atomic E-state index is -0.425. The summed E-state index contributed by atoms with van der Waals surface area (Å²) in [5.74, 6) is 0. The summed E-state index contributed by atoms with van der Waals surface area (Å²) in [6.45, 7) is 7.15. The van der Waals surface area contributed by atoms with Crippen molar-refractivity contribution in [2.24, 2.45) is 5.41 Å². The van der Waals surface area contributed by atoms with E-state index < -0.39 is 5.60 Å². The van der Waals surface area contributed by atoms with E-state index in [2.05, 4.69) is 0 Å². The number of likely N-dealkylation sites (tertiary alicyclic amines) is 1. The minimum absolute atomic E-state index is 0.154. The van der Waals surface area contributed by atoms with Gasteiger partial charge >= 0.3 is 6.09 Å². The van der Waals surface area contributed by atoms with Gasteiger partial charge in [0.1, 0.15) is 5.60 Å². The second-order valence-corrected chi connectivity index (χ2v) is 6.21. The predicted molar refractivity (Wildman–Crippen MR) is 60.1 cm³/mol. The molecule has 2 aliphatic rings. The third-order valence-corrected chi connectivity index (χ3v) is 3.43. The van der Waals surface area contributed by atoms with E-state index in [1.54, 1.807) is 4.90 Å². The Hall–Kier alpha value is -0.770. The van der Waals surface area contributed by atoms with Crippen LogP contribution in [0.1, 0.15) is 40.0 Å². The number of hydrogen-bond acceptors (Lipinski definition) is 3. The fraction of sp³-hybridized carbons (Fsp3) is 0.917. The first-order valence-corrected chi connectivity index (χ1v) is 5.96. The minimum Gasteiger partial charge on any atom is -0.444 e. The standard InChI is InChI=1S/C12H21NO3/c1-11(2,3)16-10(15)13-5-4-12(8-13)6-9(14)7-12/h9,14H,4-8H2,1-3H3/t9-,12-. The van der Waals surface area contributed by atoms with Crippen LogP contribution >= 0.6 is 0 Å². The largest absolute Gasteiger partial charge is 0.444 e. The van der Waals surface area contributed by atoms with Gasteiger partial charge in [0.05, 0.1) is 6.10 Å². The molecule has 16 heavy (non-hydrogen) atoms. The predicted octanol–water partition coefficient (Wildman–Crippen LogP) is 1.77. The van der Waals surface area contributed by atoms with Gasteiger partial charge in [-0.3, -0.25) is 0 Å². The third kappa shape index (κ3) is 2.32. The second-order valence-electron chi connectivity index (χ2n) is 6.21. The number of ether oxygens (including phenoxy) is 1. The van der Waals surface area contributed by atoms with Crippen molar-refractivity contribution < 1.29 is 14.6 Å². The Labute approximate surface area is 96.6 Å². The molecule has 4 heteroatoms. The summed E-state index contributed by atoms with van der Waals surface area (Å²) < 4.78 is 5.33. The highest BCUT2D eigenvalue weighted by Crippen LogP contribution is 2.48. The van der Waals surface area contributed by atoms with Gasteiger partial charge in [-0.1, -0.05) is 0 Å². The number of carbonyl (C=O) groups is 1. The van der Waals surface area contributed by atoms with Gasteiger partial charge in [-0.25, -0.2) is 4.79 Å². The number of carbonyl (C=O) groups excluding carboxylic acids is 1. The molecule has 1 amide bonds. The Bertz CT molecular complexity index is 289. The van der Waals surface area contributed by atoms with E-state index in [-0.39, 0.29) is 17.6 Å². The fourth-order valence-electron chi connectivity index (χ4n) is 2.69. The average Bonchev–Trinajstić information content (AvgIpc) is 2.45. The highest BCUT2D eigenvalue weighted by molar-refractivity contribution is 5.68. The van der Waals surface area contributed by atoms with Crippen LogP contribution in [-0.2, 0) is 4.74 Å². The van der Waals surface area contributed by atoms with Crippen LogP contribution in [0.5, 0.6) is 0 Å². The van der Waals surface area contributed by atoms with Crippen molar-refractivity contribution in [3.05, 3.63) is 0 Å². The number of nitrogens with zero attached hydrogens (tertiary/aromatic N) is 1. The molecule has 1 N–H and O–H groups in total. The molecule has 2 fully saturated rings. The normalized spacial score (nSPS) is 34.0. The van der Waals surface area contributed by atoms with Crippen LogP contribution in [0.25, 0.3) is 0 Å². The first kappa shape index (κ1) is 11.7. The molecule has 0 aromatic rings. The number of amides is 1.